The number of halogens is 2. The Hall–Kier alpha value is -2.02. The maximum atomic E-state index is 12.2. The topological polar surface area (TPSA) is 52.0 Å². The fraction of sp³-hybridized carbons (Fsp3) is 0.333. The molecule has 0 unspecified atom stereocenters. The first-order valence-corrected chi connectivity index (χ1v) is 5.83. The summed E-state index contributed by atoms with van der Waals surface area (Å²) >= 11 is 0. The zero-order chi connectivity index (χ0) is 13.5. The second-order valence-corrected chi connectivity index (χ2v) is 3.83. The van der Waals surface area contributed by atoms with Gasteiger partial charge in [-0.05, 0) is 6.07 Å². The highest BCUT2D eigenvalue weighted by molar-refractivity contribution is 5.33. The lowest BCUT2D eigenvalue weighted by molar-refractivity contribution is -0.0504. The average Bonchev–Trinajstić information content (AvgIpc) is 2.89. The summed E-state index contributed by atoms with van der Waals surface area (Å²) in [5, 5.41) is 10.6. The summed E-state index contributed by atoms with van der Waals surface area (Å²) in [6, 6.07) is 6.73. The van der Waals surface area contributed by atoms with Gasteiger partial charge in [0.05, 0.1) is 12.7 Å². The molecule has 1 aromatic heterocycles. The molecule has 0 amide bonds. The van der Waals surface area contributed by atoms with Crippen molar-refractivity contribution in [2.45, 2.75) is 19.7 Å². The predicted molar refractivity (Wildman–Crippen MR) is 64.8 cm³/mol. The van der Waals surface area contributed by atoms with Crippen molar-refractivity contribution in [3.05, 3.63) is 42.2 Å². The number of aromatic nitrogens is 3. The number of rotatable bonds is 7. The van der Waals surface area contributed by atoms with Gasteiger partial charge in [0.15, 0.2) is 0 Å². The van der Waals surface area contributed by atoms with Gasteiger partial charge in [-0.3, -0.25) is 4.68 Å². The van der Waals surface area contributed by atoms with Crippen LogP contribution in [0, 0.1) is 0 Å². The van der Waals surface area contributed by atoms with Gasteiger partial charge in [-0.25, -0.2) is 0 Å². The molecule has 19 heavy (non-hydrogen) atoms. The third-order valence-electron chi connectivity index (χ3n) is 2.49. The molecule has 1 aromatic carbocycles. The summed E-state index contributed by atoms with van der Waals surface area (Å²) in [5.74, 6) is 0.200. The first-order chi connectivity index (χ1) is 9.25. The van der Waals surface area contributed by atoms with Crippen LogP contribution in [0.1, 0.15) is 5.56 Å². The highest BCUT2D eigenvalue weighted by atomic mass is 19.3. The van der Waals surface area contributed by atoms with Crippen molar-refractivity contribution in [2.24, 2.45) is 0 Å². The largest absolute Gasteiger partial charge is 0.434 e. The van der Waals surface area contributed by atoms with E-state index in [2.05, 4.69) is 20.4 Å². The zero-order valence-corrected chi connectivity index (χ0v) is 10.2. The molecule has 0 saturated heterocycles. The third-order valence-corrected chi connectivity index (χ3v) is 2.49. The normalized spacial score (nSPS) is 10.9. The van der Waals surface area contributed by atoms with E-state index in [9.17, 15) is 8.78 Å². The number of benzene rings is 1. The van der Waals surface area contributed by atoms with E-state index >= 15 is 0 Å². The van der Waals surface area contributed by atoms with Gasteiger partial charge in [-0.15, -0.1) is 5.10 Å². The van der Waals surface area contributed by atoms with Crippen molar-refractivity contribution >= 4 is 0 Å². The Morgan fingerprint density at radius 2 is 2.16 bits per heavy atom. The van der Waals surface area contributed by atoms with Gasteiger partial charge in [0, 0.05) is 24.8 Å². The van der Waals surface area contributed by atoms with Crippen LogP contribution in [0.3, 0.4) is 0 Å². The molecule has 0 aliphatic rings. The summed E-state index contributed by atoms with van der Waals surface area (Å²) in [5.41, 5.74) is 0.696. The Morgan fingerprint density at radius 1 is 1.32 bits per heavy atom. The molecule has 0 spiro atoms. The predicted octanol–water partition coefficient (Wildman–Crippen LogP) is 1.67. The van der Waals surface area contributed by atoms with E-state index in [1.54, 1.807) is 35.3 Å². The van der Waals surface area contributed by atoms with Gasteiger partial charge < -0.3 is 10.1 Å². The lowest BCUT2D eigenvalue weighted by Crippen LogP contribution is -2.20. The Bertz CT molecular complexity index is 490. The van der Waals surface area contributed by atoms with Crippen molar-refractivity contribution in [1.29, 1.82) is 0 Å². The van der Waals surface area contributed by atoms with E-state index in [0.29, 0.717) is 25.2 Å². The number of hydrogen-bond donors (Lipinski definition) is 1. The molecule has 1 heterocycles. The van der Waals surface area contributed by atoms with Crippen LogP contribution in [-0.4, -0.2) is 28.2 Å². The van der Waals surface area contributed by atoms with Crippen LogP contribution in [0.4, 0.5) is 8.78 Å². The Morgan fingerprint density at radius 3 is 2.89 bits per heavy atom. The molecule has 7 heteroatoms. The van der Waals surface area contributed by atoms with Crippen LogP contribution >= 0.6 is 0 Å². The Balaban J connectivity index is 1.82. The minimum atomic E-state index is -2.81. The van der Waals surface area contributed by atoms with Crippen molar-refractivity contribution in [3.63, 3.8) is 0 Å². The van der Waals surface area contributed by atoms with Crippen molar-refractivity contribution in [2.75, 3.05) is 6.54 Å². The van der Waals surface area contributed by atoms with Crippen molar-refractivity contribution < 1.29 is 13.5 Å². The number of hydrogen-bond acceptors (Lipinski definition) is 4. The first-order valence-electron chi connectivity index (χ1n) is 5.83. The van der Waals surface area contributed by atoms with Crippen molar-refractivity contribution in [1.82, 2.24) is 20.3 Å². The summed E-state index contributed by atoms with van der Waals surface area (Å²) in [6.45, 7) is -1.03. The van der Waals surface area contributed by atoms with Crippen LogP contribution in [0.15, 0.2) is 36.7 Å². The van der Waals surface area contributed by atoms with Crippen LogP contribution < -0.4 is 10.1 Å². The first kappa shape index (κ1) is 13.4. The Kier molecular flexibility index (Phi) is 4.79. The van der Waals surface area contributed by atoms with Crippen LogP contribution in [0.25, 0.3) is 0 Å². The number of alkyl halides is 2. The van der Waals surface area contributed by atoms with E-state index in [1.807, 2.05) is 0 Å². The van der Waals surface area contributed by atoms with E-state index in [0.717, 1.165) is 0 Å². The maximum absolute atomic E-state index is 12.2. The van der Waals surface area contributed by atoms with Gasteiger partial charge in [0.25, 0.3) is 0 Å². The number of nitrogens with one attached hydrogen (secondary N) is 1. The smallest absolute Gasteiger partial charge is 0.387 e. The van der Waals surface area contributed by atoms with E-state index in [4.69, 9.17) is 0 Å². The fourth-order valence-corrected chi connectivity index (χ4v) is 1.63. The minimum Gasteiger partial charge on any atom is -0.434 e. The summed E-state index contributed by atoms with van der Waals surface area (Å²) in [4.78, 5) is 0. The van der Waals surface area contributed by atoms with Crippen LogP contribution in [-0.2, 0) is 13.1 Å². The molecular weight excluding hydrogens is 254 g/mol. The molecule has 2 rings (SSSR count). The molecule has 0 aliphatic heterocycles. The van der Waals surface area contributed by atoms with Crippen LogP contribution in [0.5, 0.6) is 5.75 Å². The monoisotopic (exact) mass is 268 g/mol. The molecule has 102 valence electrons. The number of para-hydroxylation sites is 1. The van der Waals surface area contributed by atoms with Gasteiger partial charge in [0.1, 0.15) is 5.75 Å². The van der Waals surface area contributed by atoms with E-state index < -0.39 is 6.61 Å². The summed E-state index contributed by atoms with van der Waals surface area (Å²) in [7, 11) is 0. The lowest BCUT2D eigenvalue weighted by Gasteiger charge is -2.11. The SMILES string of the molecule is FC(F)Oc1ccccc1CNCCn1ccnn1. The zero-order valence-electron chi connectivity index (χ0n) is 10.2. The molecule has 0 radical (unpaired) electrons. The Labute approximate surface area is 109 Å². The summed E-state index contributed by atoms with van der Waals surface area (Å²) in [6.07, 6.45) is 3.36. The number of nitrogens with zero attached hydrogens (tertiary/aromatic N) is 3. The second kappa shape index (κ2) is 6.79. The highest BCUT2D eigenvalue weighted by Gasteiger charge is 2.08. The highest BCUT2D eigenvalue weighted by Crippen LogP contribution is 2.19. The van der Waals surface area contributed by atoms with Gasteiger partial charge >= 0.3 is 6.61 Å². The molecule has 0 saturated carbocycles. The molecule has 0 fully saturated rings. The standard InChI is InChI=1S/C12H14F2N4O/c13-12(14)19-11-4-2-1-3-10(11)9-15-5-7-18-8-6-16-17-18/h1-4,6,8,12,15H,5,7,9H2. The summed E-state index contributed by atoms with van der Waals surface area (Å²) < 4.78 is 30.6. The molecule has 0 atom stereocenters. The minimum absolute atomic E-state index is 0.200. The van der Waals surface area contributed by atoms with Gasteiger partial charge in [-0.2, -0.15) is 8.78 Å². The second-order valence-electron chi connectivity index (χ2n) is 3.83. The lowest BCUT2D eigenvalue weighted by atomic mass is 10.2. The molecular formula is C12H14F2N4O. The quantitative estimate of drug-likeness (QED) is 0.776. The van der Waals surface area contributed by atoms with Crippen LogP contribution in [0.2, 0.25) is 0 Å². The number of ether oxygens (including phenoxy) is 1. The molecule has 0 aliphatic carbocycles. The molecule has 0 bridgehead atoms. The van der Waals surface area contributed by atoms with Crippen molar-refractivity contribution in [3.8, 4) is 5.75 Å². The third kappa shape index (κ3) is 4.29. The maximum Gasteiger partial charge on any atom is 0.387 e. The van der Waals surface area contributed by atoms with E-state index in [1.165, 1.54) is 6.07 Å². The average molecular weight is 268 g/mol. The van der Waals surface area contributed by atoms with E-state index in [-0.39, 0.29) is 5.75 Å². The molecule has 1 N–H and O–H groups in total. The fourth-order valence-electron chi connectivity index (χ4n) is 1.63. The molecule has 2 aromatic rings. The van der Waals surface area contributed by atoms with Gasteiger partial charge in [0.2, 0.25) is 0 Å². The molecule has 5 nitrogen and oxygen atoms in total. The van der Waals surface area contributed by atoms with Gasteiger partial charge in [-0.1, -0.05) is 23.4 Å².